The Kier molecular flexibility index (Phi) is 4.34. The maximum Gasteiger partial charge on any atom is 0.500 e. The lowest BCUT2D eigenvalue weighted by Gasteiger charge is -2.24. The summed E-state index contributed by atoms with van der Waals surface area (Å²) in [4.78, 5) is 0. The van der Waals surface area contributed by atoms with Gasteiger partial charge in [0.15, 0.2) is 0 Å². The van der Waals surface area contributed by atoms with E-state index in [1.165, 1.54) is 0 Å². The molecule has 0 bridgehead atoms. The summed E-state index contributed by atoms with van der Waals surface area (Å²) in [7, 11) is 0.979. The summed E-state index contributed by atoms with van der Waals surface area (Å²) in [6.07, 6.45) is 1.36. The first-order chi connectivity index (χ1) is 6.26. The normalized spacial score (nSPS) is 21.9. The van der Waals surface area contributed by atoms with Crippen molar-refractivity contribution in [2.45, 2.75) is 25.5 Å². The van der Waals surface area contributed by atoms with Gasteiger partial charge >= 0.3 is 8.80 Å². The van der Waals surface area contributed by atoms with Crippen LogP contribution in [-0.2, 0) is 18.0 Å². The van der Waals surface area contributed by atoms with Gasteiger partial charge in [-0.15, -0.1) is 0 Å². The van der Waals surface area contributed by atoms with Gasteiger partial charge in [-0.05, 0) is 6.42 Å². The van der Waals surface area contributed by atoms with Crippen LogP contribution in [-0.4, -0.2) is 42.3 Å². The van der Waals surface area contributed by atoms with E-state index in [9.17, 15) is 0 Å². The average Bonchev–Trinajstić information content (AvgIpc) is 2.97. The van der Waals surface area contributed by atoms with Gasteiger partial charge in [-0.2, -0.15) is 0 Å². The Morgan fingerprint density at radius 3 is 2.38 bits per heavy atom. The lowest BCUT2D eigenvalue weighted by atomic mass is 10.4. The minimum absolute atomic E-state index is 0.414. The fraction of sp³-hybridized carbons (Fsp3) is 1.00. The molecule has 0 N–H and O–H groups in total. The van der Waals surface area contributed by atoms with Gasteiger partial charge in [-0.25, -0.2) is 0 Å². The second-order valence-corrected chi connectivity index (χ2v) is 6.22. The Balaban J connectivity index is 2.19. The van der Waals surface area contributed by atoms with E-state index in [4.69, 9.17) is 18.0 Å². The van der Waals surface area contributed by atoms with Crippen molar-refractivity contribution in [3.63, 3.8) is 0 Å². The first-order valence-electron chi connectivity index (χ1n) is 4.62. The molecule has 1 heterocycles. The quantitative estimate of drug-likeness (QED) is 0.461. The predicted octanol–water partition coefficient (Wildman–Crippen LogP) is 1.04. The lowest BCUT2D eigenvalue weighted by Crippen LogP contribution is -2.43. The number of ether oxygens (including phenoxy) is 1. The van der Waals surface area contributed by atoms with E-state index in [2.05, 4.69) is 0 Å². The molecule has 0 aromatic heterocycles. The molecule has 1 fully saturated rings. The molecule has 13 heavy (non-hydrogen) atoms. The maximum atomic E-state index is 5.64. The summed E-state index contributed by atoms with van der Waals surface area (Å²) < 4.78 is 21.3. The number of epoxide rings is 1. The van der Waals surface area contributed by atoms with Crippen LogP contribution in [0.4, 0.5) is 0 Å². The van der Waals surface area contributed by atoms with Crippen molar-refractivity contribution in [3.8, 4) is 0 Å². The summed E-state index contributed by atoms with van der Waals surface area (Å²) in [6.45, 7) is 3.57. The molecule has 1 aliphatic rings. The van der Waals surface area contributed by atoms with E-state index in [1.54, 1.807) is 14.2 Å². The zero-order valence-corrected chi connectivity index (χ0v) is 9.54. The highest BCUT2D eigenvalue weighted by Gasteiger charge is 2.37. The highest BCUT2D eigenvalue weighted by atomic mass is 28.4. The van der Waals surface area contributed by atoms with Crippen LogP contribution >= 0.6 is 0 Å². The van der Waals surface area contributed by atoms with Crippen molar-refractivity contribution in [1.82, 2.24) is 0 Å². The summed E-state index contributed by atoms with van der Waals surface area (Å²) in [6, 6.07) is 0.811. The van der Waals surface area contributed by atoms with Gasteiger partial charge in [0.25, 0.3) is 0 Å². The summed E-state index contributed by atoms with van der Waals surface area (Å²) in [5.41, 5.74) is 0. The topological polar surface area (TPSA) is 40.2 Å². The van der Waals surface area contributed by atoms with Crippen LogP contribution < -0.4 is 0 Å². The van der Waals surface area contributed by atoms with Crippen LogP contribution in [0.2, 0.25) is 6.04 Å². The van der Waals surface area contributed by atoms with E-state index < -0.39 is 8.80 Å². The van der Waals surface area contributed by atoms with Gasteiger partial charge in [0, 0.05) is 26.9 Å². The Hall–Kier alpha value is 0.0569. The molecule has 5 heteroatoms. The van der Waals surface area contributed by atoms with Crippen LogP contribution in [0, 0.1) is 0 Å². The standard InChI is InChI=1S/C8H18O4Si/c1-4-13(9-2,10-3)12-6-5-8-7-11-8/h8H,4-7H2,1-3H3. The Morgan fingerprint density at radius 1 is 1.38 bits per heavy atom. The van der Waals surface area contributed by atoms with Gasteiger partial charge in [-0.1, -0.05) is 6.92 Å². The smallest absolute Gasteiger partial charge is 0.377 e. The summed E-state index contributed by atoms with van der Waals surface area (Å²) in [5.74, 6) is 0. The number of rotatable bonds is 7. The van der Waals surface area contributed by atoms with Crippen molar-refractivity contribution in [2.75, 3.05) is 27.4 Å². The monoisotopic (exact) mass is 206 g/mol. The van der Waals surface area contributed by atoms with Gasteiger partial charge in [0.1, 0.15) is 0 Å². The maximum absolute atomic E-state index is 5.64. The summed E-state index contributed by atoms with van der Waals surface area (Å²) >= 11 is 0. The minimum atomic E-state index is -2.31. The molecule has 0 saturated carbocycles. The third-order valence-corrected chi connectivity index (χ3v) is 4.97. The van der Waals surface area contributed by atoms with Gasteiger partial charge in [0.05, 0.1) is 12.7 Å². The van der Waals surface area contributed by atoms with Crippen LogP contribution in [0.1, 0.15) is 13.3 Å². The molecular formula is C8H18O4Si. The third kappa shape index (κ3) is 3.36. The first-order valence-corrected chi connectivity index (χ1v) is 6.55. The molecule has 1 aliphatic heterocycles. The molecule has 78 valence electrons. The second-order valence-electron chi connectivity index (χ2n) is 3.04. The zero-order valence-electron chi connectivity index (χ0n) is 8.54. The van der Waals surface area contributed by atoms with Crippen LogP contribution in [0.15, 0.2) is 0 Å². The molecule has 1 unspecified atom stereocenters. The van der Waals surface area contributed by atoms with E-state index in [0.29, 0.717) is 12.7 Å². The fourth-order valence-corrected chi connectivity index (χ4v) is 2.79. The van der Waals surface area contributed by atoms with Crippen LogP contribution in [0.25, 0.3) is 0 Å². The fourth-order valence-electron chi connectivity index (χ4n) is 1.17. The molecule has 0 aliphatic carbocycles. The Bertz CT molecular complexity index is 137. The first kappa shape index (κ1) is 11.1. The Labute approximate surface area is 80.5 Å². The average molecular weight is 206 g/mol. The zero-order chi connectivity index (χ0) is 9.73. The van der Waals surface area contributed by atoms with Crippen molar-refractivity contribution in [1.29, 1.82) is 0 Å². The molecular weight excluding hydrogens is 188 g/mol. The SMILES string of the molecule is CC[Si](OC)(OC)OCCC1CO1. The number of hydrogen-bond acceptors (Lipinski definition) is 4. The highest BCUT2D eigenvalue weighted by Crippen LogP contribution is 2.17. The van der Waals surface area contributed by atoms with Gasteiger partial charge in [-0.3, -0.25) is 0 Å². The molecule has 0 aromatic rings. The predicted molar refractivity (Wildman–Crippen MR) is 50.6 cm³/mol. The molecule has 1 saturated heterocycles. The molecule has 4 nitrogen and oxygen atoms in total. The van der Waals surface area contributed by atoms with Crippen molar-refractivity contribution in [3.05, 3.63) is 0 Å². The highest BCUT2D eigenvalue weighted by molar-refractivity contribution is 6.60. The molecule has 0 amide bonds. The molecule has 0 spiro atoms. The molecule has 0 radical (unpaired) electrons. The number of hydrogen-bond donors (Lipinski definition) is 0. The van der Waals surface area contributed by atoms with Crippen molar-refractivity contribution < 1.29 is 18.0 Å². The lowest BCUT2D eigenvalue weighted by molar-refractivity contribution is 0.0960. The van der Waals surface area contributed by atoms with Crippen LogP contribution in [0.5, 0.6) is 0 Å². The van der Waals surface area contributed by atoms with E-state index in [1.807, 2.05) is 6.92 Å². The Morgan fingerprint density at radius 2 is 2.00 bits per heavy atom. The van der Waals surface area contributed by atoms with E-state index in [-0.39, 0.29) is 0 Å². The molecule has 0 aromatic carbocycles. The second kappa shape index (κ2) is 5.07. The third-order valence-electron chi connectivity index (χ3n) is 2.22. The van der Waals surface area contributed by atoms with Crippen LogP contribution in [0.3, 0.4) is 0 Å². The van der Waals surface area contributed by atoms with Crippen molar-refractivity contribution in [2.24, 2.45) is 0 Å². The van der Waals surface area contributed by atoms with E-state index in [0.717, 1.165) is 19.1 Å². The van der Waals surface area contributed by atoms with Gasteiger partial charge < -0.3 is 18.0 Å². The van der Waals surface area contributed by atoms with Gasteiger partial charge in [0.2, 0.25) is 0 Å². The largest absolute Gasteiger partial charge is 0.500 e. The minimum Gasteiger partial charge on any atom is -0.377 e. The molecule has 1 atom stereocenters. The molecule has 1 rings (SSSR count). The van der Waals surface area contributed by atoms with E-state index >= 15 is 0 Å². The van der Waals surface area contributed by atoms with Crippen molar-refractivity contribution >= 4 is 8.80 Å². The summed E-state index contributed by atoms with van der Waals surface area (Å²) in [5, 5.41) is 0.